The first-order valence-electron chi connectivity index (χ1n) is 4.88. The van der Waals surface area contributed by atoms with Gasteiger partial charge >= 0.3 is 0 Å². The number of carbonyl (C=O) groups is 2. The minimum Gasteiger partial charge on any atom is -0.349 e. The Labute approximate surface area is 89.7 Å². The third-order valence-corrected chi connectivity index (χ3v) is 2.24. The number of hydrogen-bond donors (Lipinski definition) is 0. The van der Waals surface area contributed by atoms with E-state index in [0.29, 0.717) is 12.0 Å². The molecule has 15 heavy (non-hydrogen) atoms. The van der Waals surface area contributed by atoms with Crippen LogP contribution in [-0.2, 0) is 11.2 Å². The van der Waals surface area contributed by atoms with Gasteiger partial charge in [0, 0.05) is 26.1 Å². The molecule has 1 rings (SSSR count). The first-order valence-corrected chi connectivity index (χ1v) is 4.88. The summed E-state index contributed by atoms with van der Waals surface area (Å²) in [6, 6.07) is 7.30. The lowest BCUT2D eigenvalue weighted by molar-refractivity contribution is -0.128. The Morgan fingerprint density at radius 3 is 2.33 bits per heavy atom. The molecule has 0 aliphatic carbocycles. The summed E-state index contributed by atoms with van der Waals surface area (Å²) in [6.45, 7) is 0. The van der Waals surface area contributed by atoms with Gasteiger partial charge in [-0.1, -0.05) is 24.3 Å². The summed E-state index contributed by atoms with van der Waals surface area (Å²) < 4.78 is 0. The van der Waals surface area contributed by atoms with Crippen LogP contribution in [0.5, 0.6) is 0 Å². The maximum Gasteiger partial charge on any atom is 0.222 e. The third-order valence-electron chi connectivity index (χ3n) is 2.24. The fourth-order valence-corrected chi connectivity index (χ4v) is 1.24. The molecular formula is C12H15NO2. The van der Waals surface area contributed by atoms with Crippen LogP contribution in [0, 0.1) is 0 Å². The lowest BCUT2D eigenvalue weighted by Gasteiger charge is -2.09. The van der Waals surface area contributed by atoms with Crippen LogP contribution >= 0.6 is 0 Å². The molecular weight excluding hydrogens is 190 g/mol. The second-order valence-corrected chi connectivity index (χ2v) is 3.65. The molecule has 0 saturated heterocycles. The topological polar surface area (TPSA) is 37.4 Å². The van der Waals surface area contributed by atoms with Crippen LogP contribution in [0.1, 0.15) is 22.3 Å². The Bertz CT molecular complexity index is 341. The van der Waals surface area contributed by atoms with E-state index >= 15 is 0 Å². The molecule has 0 spiro atoms. The second kappa shape index (κ2) is 5.29. The zero-order valence-corrected chi connectivity index (χ0v) is 9.06. The zero-order valence-electron chi connectivity index (χ0n) is 9.06. The fourth-order valence-electron chi connectivity index (χ4n) is 1.24. The largest absolute Gasteiger partial charge is 0.349 e. The van der Waals surface area contributed by atoms with Crippen LogP contribution in [-0.4, -0.2) is 31.2 Å². The highest BCUT2D eigenvalue weighted by Gasteiger charge is 2.03. The summed E-state index contributed by atoms with van der Waals surface area (Å²) in [5.41, 5.74) is 1.74. The average Bonchev–Trinajstić information content (AvgIpc) is 2.26. The third kappa shape index (κ3) is 3.54. The summed E-state index contributed by atoms with van der Waals surface area (Å²) in [5, 5.41) is 0. The van der Waals surface area contributed by atoms with Crippen molar-refractivity contribution >= 4 is 12.2 Å². The minimum absolute atomic E-state index is 0.120. The van der Waals surface area contributed by atoms with E-state index < -0.39 is 0 Å². The molecule has 3 heteroatoms. The van der Waals surface area contributed by atoms with Gasteiger partial charge in [-0.15, -0.1) is 0 Å². The summed E-state index contributed by atoms with van der Waals surface area (Å²) in [4.78, 5) is 23.3. The van der Waals surface area contributed by atoms with E-state index in [1.54, 1.807) is 31.1 Å². The monoisotopic (exact) mass is 205 g/mol. The van der Waals surface area contributed by atoms with E-state index in [9.17, 15) is 9.59 Å². The Morgan fingerprint density at radius 1 is 1.27 bits per heavy atom. The van der Waals surface area contributed by atoms with Gasteiger partial charge < -0.3 is 4.90 Å². The highest BCUT2D eigenvalue weighted by atomic mass is 16.2. The van der Waals surface area contributed by atoms with Gasteiger partial charge in [0.15, 0.2) is 0 Å². The van der Waals surface area contributed by atoms with Crippen molar-refractivity contribution in [3.63, 3.8) is 0 Å². The number of nitrogens with zero attached hydrogens (tertiary/aromatic N) is 1. The molecule has 1 aromatic rings. The molecule has 0 bridgehead atoms. The number of carbonyl (C=O) groups excluding carboxylic acids is 2. The van der Waals surface area contributed by atoms with E-state index in [1.807, 2.05) is 12.1 Å². The molecule has 1 aromatic carbocycles. The Balaban J connectivity index is 2.51. The van der Waals surface area contributed by atoms with Crippen molar-refractivity contribution in [3.05, 3.63) is 35.4 Å². The van der Waals surface area contributed by atoms with Gasteiger partial charge in [-0.05, 0) is 12.0 Å². The van der Waals surface area contributed by atoms with E-state index in [1.165, 1.54) is 0 Å². The van der Waals surface area contributed by atoms with Crippen LogP contribution in [0.15, 0.2) is 24.3 Å². The van der Waals surface area contributed by atoms with Crippen LogP contribution < -0.4 is 0 Å². The number of aldehydes is 1. The highest BCUT2D eigenvalue weighted by Crippen LogP contribution is 2.06. The van der Waals surface area contributed by atoms with Crippen molar-refractivity contribution in [1.82, 2.24) is 4.90 Å². The van der Waals surface area contributed by atoms with Gasteiger partial charge in [0.2, 0.25) is 5.91 Å². The van der Waals surface area contributed by atoms with E-state index in [2.05, 4.69) is 0 Å². The van der Waals surface area contributed by atoms with Crippen molar-refractivity contribution in [2.75, 3.05) is 14.1 Å². The molecule has 0 radical (unpaired) electrons. The lowest BCUT2D eigenvalue weighted by Crippen LogP contribution is -2.21. The molecule has 0 aliphatic heterocycles. The SMILES string of the molecule is CN(C)C(=O)CCc1ccc(C=O)cc1. The molecule has 0 aromatic heterocycles. The second-order valence-electron chi connectivity index (χ2n) is 3.65. The number of aryl methyl sites for hydroxylation is 1. The maximum atomic E-state index is 11.3. The standard InChI is InChI=1S/C12H15NO2/c1-13(2)12(15)8-7-10-3-5-11(9-14)6-4-10/h3-6,9H,7-8H2,1-2H3. The molecule has 3 nitrogen and oxygen atoms in total. The summed E-state index contributed by atoms with van der Waals surface area (Å²) in [6.07, 6.45) is 2.04. The van der Waals surface area contributed by atoms with Gasteiger partial charge in [-0.2, -0.15) is 0 Å². The van der Waals surface area contributed by atoms with Crippen molar-refractivity contribution < 1.29 is 9.59 Å². The van der Waals surface area contributed by atoms with Crippen molar-refractivity contribution in [3.8, 4) is 0 Å². The van der Waals surface area contributed by atoms with Crippen LogP contribution in [0.2, 0.25) is 0 Å². The molecule has 0 unspecified atom stereocenters. The van der Waals surface area contributed by atoms with E-state index in [-0.39, 0.29) is 5.91 Å². The van der Waals surface area contributed by atoms with E-state index in [4.69, 9.17) is 0 Å². The number of rotatable bonds is 4. The number of amides is 1. The Hall–Kier alpha value is -1.64. The number of hydrogen-bond acceptors (Lipinski definition) is 2. The van der Waals surface area contributed by atoms with Crippen molar-refractivity contribution in [2.24, 2.45) is 0 Å². The first-order chi connectivity index (χ1) is 7.13. The lowest BCUT2D eigenvalue weighted by atomic mass is 10.1. The molecule has 0 saturated carbocycles. The van der Waals surface area contributed by atoms with Crippen molar-refractivity contribution in [1.29, 1.82) is 0 Å². The van der Waals surface area contributed by atoms with Gasteiger partial charge in [-0.25, -0.2) is 0 Å². The number of benzene rings is 1. The first kappa shape index (κ1) is 11.4. The summed E-state index contributed by atoms with van der Waals surface area (Å²) >= 11 is 0. The quantitative estimate of drug-likeness (QED) is 0.699. The zero-order chi connectivity index (χ0) is 11.3. The Morgan fingerprint density at radius 2 is 1.87 bits per heavy atom. The van der Waals surface area contributed by atoms with Crippen LogP contribution in [0.25, 0.3) is 0 Å². The highest BCUT2D eigenvalue weighted by molar-refractivity contribution is 5.76. The predicted octanol–water partition coefficient (Wildman–Crippen LogP) is 1.52. The Kier molecular flexibility index (Phi) is 4.03. The van der Waals surface area contributed by atoms with Gasteiger partial charge in [-0.3, -0.25) is 9.59 Å². The molecule has 0 atom stereocenters. The fraction of sp³-hybridized carbons (Fsp3) is 0.333. The van der Waals surface area contributed by atoms with Gasteiger partial charge in [0.25, 0.3) is 0 Å². The predicted molar refractivity (Wildman–Crippen MR) is 58.8 cm³/mol. The van der Waals surface area contributed by atoms with Crippen LogP contribution in [0.4, 0.5) is 0 Å². The molecule has 0 aliphatic rings. The average molecular weight is 205 g/mol. The van der Waals surface area contributed by atoms with E-state index in [0.717, 1.165) is 18.3 Å². The van der Waals surface area contributed by atoms with Gasteiger partial charge in [0.05, 0.1) is 0 Å². The molecule has 0 N–H and O–H groups in total. The minimum atomic E-state index is 0.120. The molecule has 1 amide bonds. The maximum absolute atomic E-state index is 11.3. The summed E-state index contributed by atoms with van der Waals surface area (Å²) in [5.74, 6) is 0.120. The molecule has 0 heterocycles. The van der Waals surface area contributed by atoms with Crippen LogP contribution in [0.3, 0.4) is 0 Å². The summed E-state index contributed by atoms with van der Waals surface area (Å²) in [7, 11) is 3.50. The normalized spacial score (nSPS) is 9.73. The molecule has 0 fully saturated rings. The smallest absolute Gasteiger partial charge is 0.222 e. The van der Waals surface area contributed by atoms with Gasteiger partial charge in [0.1, 0.15) is 6.29 Å². The molecule has 80 valence electrons. The van der Waals surface area contributed by atoms with Crippen molar-refractivity contribution in [2.45, 2.75) is 12.8 Å².